The Morgan fingerprint density at radius 2 is 2.00 bits per heavy atom. The van der Waals surface area contributed by atoms with Crippen molar-refractivity contribution in [3.8, 4) is 0 Å². The first-order valence-electron chi connectivity index (χ1n) is 4.63. The van der Waals surface area contributed by atoms with Crippen LogP contribution >= 0.6 is 0 Å². The minimum absolute atomic E-state index is 0.203. The Morgan fingerprint density at radius 1 is 1.33 bits per heavy atom. The van der Waals surface area contributed by atoms with E-state index in [4.69, 9.17) is 10.5 Å². The number of carbonyl (C=O) groups is 2. The van der Waals surface area contributed by atoms with Crippen LogP contribution < -0.4 is 5.73 Å². The van der Waals surface area contributed by atoms with Gasteiger partial charge in [-0.05, 0) is 32.0 Å². The molecule has 0 radical (unpaired) electrons. The van der Waals surface area contributed by atoms with Crippen molar-refractivity contribution in [2.75, 3.05) is 12.3 Å². The number of esters is 1. The molecule has 0 bridgehead atoms. The second-order valence-electron chi connectivity index (χ2n) is 3.08. The van der Waals surface area contributed by atoms with Gasteiger partial charge >= 0.3 is 5.97 Å². The number of hydrogen-bond donors (Lipinski definition) is 1. The highest BCUT2D eigenvalue weighted by molar-refractivity contribution is 6.06. The maximum Gasteiger partial charge on any atom is 0.338 e. The first kappa shape index (κ1) is 11.2. The van der Waals surface area contributed by atoms with Crippen molar-refractivity contribution in [2.24, 2.45) is 0 Å². The molecule has 0 heterocycles. The highest BCUT2D eigenvalue weighted by atomic mass is 16.5. The lowest BCUT2D eigenvalue weighted by atomic mass is 10.0. The van der Waals surface area contributed by atoms with Crippen LogP contribution in [0.15, 0.2) is 18.2 Å². The third-order valence-corrected chi connectivity index (χ3v) is 1.92. The number of carbonyl (C=O) groups excluding carboxylic acids is 2. The number of benzene rings is 1. The van der Waals surface area contributed by atoms with Crippen LogP contribution in [0.25, 0.3) is 0 Å². The maximum atomic E-state index is 11.5. The first-order valence-corrected chi connectivity index (χ1v) is 4.63. The van der Waals surface area contributed by atoms with Gasteiger partial charge in [-0.2, -0.15) is 0 Å². The topological polar surface area (TPSA) is 69.4 Å². The largest absolute Gasteiger partial charge is 0.462 e. The molecule has 1 aromatic carbocycles. The fraction of sp³-hybridized carbons (Fsp3) is 0.273. The third-order valence-electron chi connectivity index (χ3n) is 1.92. The van der Waals surface area contributed by atoms with Crippen molar-refractivity contribution in [3.05, 3.63) is 29.3 Å². The predicted octanol–water partition coefficient (Wildman–Crippen LogP) is 1.65. The highest BCUT2D eigenvalue weighted by Gasteiger charge is 2.15. The second kappa shape index (κ2) is 4.59. The van der Waals surface area contributed by atoms with E-state index in [0.717, 1.165) is 0 Å². The smallest absolute Gasteiger partial charge is 0.338 e. The van der Waals surface area contributed by atoms with Crippen molar-refractivity contribution in [1.29, 1.82) is 0 Å². The van der Waals surface area contributed by atoms with Crippen molar-refractivity contribution in [2.45, 2.75) is 13.8 Å². The summed E-state index contributed by atoms with van der Waals surface area (Å²) in [6.45, 7) is 3.38. The molecule has 2 N–H and O–H groups in total. The van der Waals surface area contributed by atoms with E-state index in [0.29, 0.717) is 11.3 Å². The Kier molecular flexibility index (Phi) is 3.44. The zero-order chi connectivity index (χ0) is 11.4. The van der Waals surface area contributed by atoms with Gasteiger partial charge in [0, 0.05) is 11.3 Å². The SMILES string of the molecule is CCOC(=O)c1ccc(N)cc1C(C)=O. The number of anilines is 1. The van der Waals surface area contributed by atoms with Crippen LogP contribution in [0.3, 0.4) is 0 Å². The van der Waals surface area contributed by atoms with Crippen LogP contribution in [0.1, 0.15) is 34.6 Å². The molecule has 0 aliphatic heterocycles. The van der Waals surface area contributed by atoms with Gasteiger partial charge in [-0.25, -0.2) is 4.79 Å². The summed E-state index contributed by atoms with van der Waals surface area (Å²) in [7, 11) is 0. The molecule has 0 aliphatic carbocycles. The first-order chi connectivity index (χ1) is 7.06. The molecular formula is C11H13NO3. The molecule has 0 atom stereocenters. The summed E-state index contributed by atoms with van der Waals surface area (Å²) >= 11 is 0. The summed E-state index contributed by atoms with van der Waals surface area (Å²) in [4.78, 5) is 22.7. The Morgan fingerprint density at radius 3 is 2.53 bits per heavy atom. The molecule has 0 aliphatic rings. The maximum absolute atomic E-state index is 11.5. The summed E-state index contributed by atoms with van der Waals surface area (Å²) in [5.41, 5.74) is 6.55. The number of rotatable bonds is 3. The van der Waals surface area contributed by atoms with E-state index in [1.54, 1.807) is 13.0 Å². The van der Waals surface area contributed by atoms with Gasteiger partial charge in [0.15, 0.2) is 5.78 Å². The summed E-state index contributed by atoms with van der Waals surface area (Å²) in [6.07, 6.45) is 0. The molecule has 15 heavy (non-hydrogen) atoms. The average Bonchev–Trinajstić information content (AvgIpc) is 2.17. The minimum Gasteiger partial charge on any atom is -0.462 e. The van der Waals surface area contributed by atoms with Crippen LogP contribution in [0, 0.1) is 0 Å². The molecule has 4 nitrogen and oxygen atoms in total. The zero-order valence-corrected chi connectivity index (χ0v) is 8.74. The van der Waals surface area contributed by atoms with Gasteiger partial charge in [-0.3, -0.25) is 4.79 Å². The van der Waals surface area contributed by atoms with Gasteiger partial charge in [0.05, 0.1) is 12.2 Å². The number of Topliss-reactive ketones (excluding diaryl/α,β-unsaturated/α-hetero) is 1. The number of hydrogen-bond acceptors (Lipinski definition) is 4. The number of ketones is 1. The Bertz CT molecular complexity index is 399. The third kappa shape index (κ3) is 2.56. The highest BCUT2D eigenvalue weighted by Crippen LogP contribution is 2.15. The summed E-state index contributed by atoms with van der Waals surface area (Å²) < 4.78 is 4.83. The molecule has 80 valence electrons. The van der Waals surface area contributed by atoms with Crippen molar-refractivity contribution >= 4 is 17.4 Å². The molecule has 1 aromatic rings. The number of ether oxygens (including phenoxy) is 1. The molecule has 0 spiro atoms. The van der Waals surface area contributed by atoms with E-state index in [1.165, 1.54) is 19.1 Å². The van der Waals surface area contributed by atoms with Gasteiger partial charge in [-0.1, -0.05) is 0 Å². The molecule has 4 heteroatoms. The summed E-state index contributed by atoms with van der Waals surface area (Å²) in [6, 6.07) is 4.55. The van der Waals surface area contributed by atoms with Crippen LogP contribution in [-0.4, -0.2) is 18.4 Å². The van der Waals surface area contributed by atoms with Gasteiger partial charge in [0.2, 0.25) is 0 Å². The van der Waals surface area contributed by atoms with Crippen LogP contribution in [0.5, 0.6) is 0 Å². The monoisotopic (exact) mass is 207 g/mol. The Labute approximate surface area is 88.0 Å². The lowest BCUT2D eigenvalue weighted by molar-refractivity contribution is 0.0523. The van der Waals surface area contributed by atoms with E-state index in [1.807, 2.05) is 0 Å². The van der Waals surface area contributed by atoms with Crippen LogP contribution in [0.4, 0.5) is 5.69 Å². The fourth-order valence-corrected chi connectivity index (χ4v) is 1.24. The molecule has 0 saturated carbocycles. The molecule has 1 rings (SSSR count). The minimum atomic E-state index is -0.497. The molecule has 0 amide bonds. The van der Waals surface area contributed by atoms with Gasteiger partial charge in [0.1, 0.15) is 0 Å². The van der Waals surface area contributed by atoms with Gasteiger partial charge < -0.3 is 10.5 Å². The van der Waals surface area contributed by atoms with Crippen molar-refractivity contribution < 1.29 is 14.3 Å². The predicted molar refractivity (Wildman–Crippen MR) is 56.8 cm³/mol. The normalized spacial score (nSPS) is 9.73. The molecule has 0 fully saturated rings. The number of nitrogens with two attached hydrogens (primary N) is 1. The molecule has 0 aromatic heterocycles. The zero-order valence-electron chi connectivity index (χ0n) is 8.74. The molecule has 0 unspecified atom stereocenters. The Hall–Kier alpha value is -1.84. The fourth-order valence-electron chi connectivity index (χ4n) is 1.24. The van der Waals surface area contributed by atoms with Crippen molar-refractivity contribution in [3.63, 3.8) is 0 Å². The van der Waals surface area contributed by atoms with E-state index in [9.17, 15) is 9.59 Å². The molecule has 0 saturated heterocycles. The van der Waals surface area contributed by atoms with Crippen LogP contribution in [0.2, 0.25) is 0 Å². The summed E-state index contributed by atoms with van der Waals surface area (Å²) in [5, 5.41) is 0. The van der Waals surface area contributed by atoms with Gasteiger partial charge in [0.25, 0.3) is 0 Å². The average molecular weight is 207 g/mol. The number of nitrogen functional groups attached to an aromatic ring is 1. The lowest BCUT2D eigenvalue weighted by Crippen LogP contribution is -2.10. The standard InChI is InChI=1S/C11H13NO3/c1-3-15-11(14)9-5-4-8(12)6-10(9)7(2)13/h4-6H,3,12H2,1-2H3. The van der Waals surface area contributed by atoms with E-state index < -0.39 is 5.97 Å². The van der Waals surface area contributed by atoms with E-state index >= 15 is 0 Å². The van der Waals surface area contributed by atoms with Crippen molar-refractivity contribution in [1.82, 2.24) is 0 Å². The summed E-state index contributed by atoms with van der Waals surface area (Å²) in [5.74, 6) is -0.701. The van der Waals surface area contributed by atoms with E-state index in [-0.39, 0.29) is 18.0 Å². The quantitative estimate of drug-likeness (QED) is 0.464. The lowest BCUT2D eigenvalue weighted by Gasteiger charge is -2.06. The molecular weight excluding hydrogens is 194 g/mol. The van der Waals surface area contributed by atoms with E-state index in [2.05, 4.69) is 0 Å². The Balaban J connectivity index is 3.17. The van der Waals surface area contributed by atoms with Crippen LogP contribution in [-0.2, 0) is 4.74 Å². The van der Waals surface area contributed by atoms with Gasteiger partial charge in [-0.15, -0.1) is 0 Å². The second-order valence-corrected chi connectivity index (χ2v) is 3.08.